The van der Waals surface area contributed by atoms with Crippen LogP contribution in [0.2, 0.25) is 0 Å². The van der Waals surface area contributed by atoms with Crippen LogP contribution >= 0.6 is 0 Å². The topological polar surface area (TPSA) is 144 Å². The van der Waals surface area contributed by atoms with Gasteiger partial charge in [-0.25, -0.2) is 0 Å². The van der Waals surface area contributed by atoms with Gasteiger partial charge in [-0.2, -0.15) is 0 Å². The summed E-state index contributed by atoms with van der Waals surface area (Å²) >= 11 is 0. The van der Waals surface area contributed by atoms with Crippen LogP contribution in [0.5, 0.6) is 0 Å². The second kappa shape index (κ2) is 8.92. The molecule has 0 aromatic carbocycles. The average molecular weight is 395 g/mol. The first-order chi connectivity index (χ1) is 13.1. The first-order valence-electron chi connectivity index (χ1n) is 10.4. The molecule has 2 aliphatic rings. The van der Waals surface area contributed by atoms with Crippen molar-refractivity contribution in [1.29, 1.82) is 0 Å². The Kier molecular flexibility index (Phi) is 7.06. The van der Waals surface area contributed by atoms with Crippen LogP contribution in [-0.4, -0.2) is 35.7 Å². The molecule has 0 saturated carbocycles. The van der Waals surface area contributed by atoms with Crippen LogP contribution < -0.4 is 22.1 Å². The van der Waals surface area contributed by atoms with Gasteiger partial charge in [0.15, 0.2) is 0 Å². The summed E-state index contributed by atoms with van der Waals surface area (Å²) in [6.45, 7) is 3.83. The third-order valence-electron chi connectivity index (χ3n) is 6.53. The van der Waals surface area contributed by atoms with E-state index in [0.717, 1.165) is 25.7 Å². The summed E-state index contributed by atoms with van der Waals surface area (Å²) in [5, 5.41) is 5.67. The third-order valence-corrected chi connectivity index (χ3v) is 6.53. The van der Waals surface area contributed by atoms with Crippen LogP contribution in [-0.2, 0) is 19.2 Å². The summed E-state index contributed by atoms with van der Waals surface area (Å²) in [6, 6.07) is 0.128. The summed E-state index contributed by atoms with van der Waals surface area (Å²) in [7, 11) is 0. The predicted molar refractivity (Wildman–Crippen MR) is 105 cm³/mol. The van der Waals surface area contributed by atoms with Crippen LogP contribution in [0.4, 0.5) is 0 Å². The maximum atomic E-state index is 12.4. The van der Waals surface area contributed by atoms with Crippen LogP contribution in [0.1, 0.15) is 78.1 Å². The molecule has 4 unspecified atom stereocenters. The van der Waals surface area contributed by atoms with Gasteiger partial charge in [-0.15, -0.1) is 0 Å². The molecule has 2 saturated heterocycles. The first-order valence-corrected chi connectivity index (χ1v) is 10.4. The molecule has 2 heterocycles. The Morgan fingerprint density at radius 3 is 1.46 bits per heavy atom. The summed E-state index contributed by atoms with van der Waals surface area (Å²) in [4.78, 5) is 48.7. The second-order valence-electron chi connectivity index (χ2n) is 8.63. The second-order valence-corrected chi connectivity index (χ2v) is 8.63. The number of carbonyl (C=O) groups is 4. The minimum absolute atomic E-state index is 0.0642. The molecule has 158 valence electrons. The van der Waals surface area contributed by atoms with E-state index in [-0.39, 0.29) is 23.9 Å². The minimum Gasteiger partial charge on any atom is -0.369 e. The molecule has 2 rings (SSSR count). The molecule has 0 aliphatic carbocycles. The number of nitrogens with one attached hydrogen (secondary N) is 2. The first kappa shape index (κ1) is 22.2. The molecule has 4 amide bonds. The van der Waals surface area contributed by atoms with E-state index < -0.39 is 22.6 Å². The third kappa shape index (κ3) is 4.47. The molecular formula is C20H34N4O4. The average Bonchev–Trinajstić information content (AvgIpc) is 2.61. The zero-order valence-corrected chi connectivity index (χ0v) is 17.0. The number of primary amides is 2. The normalized spacial score (nSPS) is 33.1. The van der Waals surface area contributed by atoms with E-state index in [1.807, 2.05) is 13.8 Å². The van der Waals surface area contributed by atoms with E-state index in [4.69, 9.17) is 11.5 Å². The van der Waals surface area contributed by atoms with Gasteiger partial charge in [0, 0.05) is 12.1 Å². The number of hydrogen-bond acceptors (Lipinski definition) is 4. The highest BCUT2D eigenvalue weighted by atomic mass is 16.2. The van der Waals surface area contributed by atoms with Gasteiger partial charge in [0.1, 0.15) is 10.8 Å². The van der Waals surface area contributed by atoms with Crippen molar-refractivity contribution >= 4 is 23.6 Å². The van der Waals surface area contributed by atoms with Crippen molar-refractivity contribution in [3.05, 3.63) is 0 Å². The lowest BCUT2D eigenvalue weighted by atomic mass is 9.72. The Balaban J connectivity index is 1.82. The molecule has 0 aromatic rings. The van der Waals surface area contributed by atoms with Crippen LogP contribution in [0, 0.1) is 10.8 Å². The van der Waals surface area contributed by atoms with Crippen LogP contribution in [0.25, 0.3) is 0 Å². The number of rotatable bonds is 9. The standard InChI is InChI=1S/C20H34N4O4/c1-13-7-11-19(15(21)25,17(27)23-13)9-5-3-4-6-10-20(16(22)26)12-8-14(2)24-18(20)28/h13-14H,3-12H2,1-2H3,(H2,21,25)(H2,22,26)(H,23,27)(H,24,28). The maximum absolute atomic E-state index is 12.4. The van der Waals surface area contributed by atoms with Crippen molar-refractivity contribution in [3.8, 4) is 0 Å². The monoisotopic (exact) mass is 394 g/mol. The summed E-state index contributed by atoms with van der Waals surface area (Å²) in [5.41, 5.74) is 8.89. The van der Waals surface area contributed by atoms with Crippen LogP contribution in [0.3, 0.4) is 0 Å². The quantitative estimate of drug-likeness (QED) is 0.339. The molecule has 2 aliphatic heterocycles. The predicted octanol–water partition coefficient (Wildman–Crippen LogP) is 0.867. The lowest BCUT2D eigenvalue weighted by Gasteiger charge is -2.36. The number of hydrogen-bond donors (Lipinski definition) is 4. The van der Waals surface area contributed by atoms with Gasteiger partial charge in [0.25, 0.3) is 0 Å². The Labute approximate surface area is 166 Å². The Bertz CT molecular complexity index is 584. The zero-order valence-electron chi connectivity index (χ0n) is 17.0. The lowest BCUT2D eigenvalue weighted by Crippen LogP contribution is -2.56. The summed E-state index contributed by atoms with van der Waals surface area (Å²) in [6.07, 6.45) is 6.29. The van der Waals surface area contributed by atoms with Gasteiger partial charge in [0.2, 0.25) is 23.6 Å². The zero-order chi connectivity index (χ0) is 20.9. The fourth-order valence-corrected chi connectivity index (χ4v) is 4.42. The molecule has 0 spiro atoms. The molecule has 28 heavy (non-hydrogen) atoms. The molecular weight excluding hydrogens is 360 g/mol. The fraction of sp³-hybridized carbons (Fsp3) is 0.800. The molecule has 0 aromatic heterocycles. The smallest absolute Gasteiger partial charge is 0.235 e. The molecule has 6 N–H and O–H groups in total. The largest absolute Gasteiger partial charge is 0.369 e. The SMILES string of the molecule is CC1CCC(CCCCCCC2(C(N)=O)CCC(C)NC2=O)(C(N)=O)C(=O)N1. The Morgan fingerprint density at radius 1 is 0.821 bits per heavy atom. The number of piperidine rings is 2. The van der Waals surface area contributed by atoms with Crippen molar-refractivity contribution < 1.29 is 19.2 Å². The van der Waals surface area contributed by atoms with Gasteiger partial charge in [-0.3, -0.25) is 19.2 Å². The molecule has 4 atom stereocenters. The molecule has 0 bridgehead atoms. The molecule has 8 heteroatoms. The van der Waals surface area contributed by atoms with Gasteiger partial charge >= 0.3 is 0 Å². The highest BCUT2D eigenvalue weighted by molar-refractivity contribution is 6.05. The summed E-state index contributed by atoms with van der Waals surface area (Å²) < 4.78 is 0. The van der Waals surface area contributed by atoms with E-state index in [9.17, 15) is 19.2 Å². The molecule has 8 nitrogen and oxygen atoms in total. The van der Waals surface area contributed by atoms with E-state index in [2.05, 4.69) is 10.6 Å². The Hall–Kier alpha value is -2.12. The van der Waals surface area contributed by atoms with Gasteiger partial charge in [-0.05, 0) is 52.4 Å². The number of amides is 4. The minimum atomic E-state index is -1.11. The van der Waals surface area contributed by atoms with Gasteiger partial charge < -0.3 is 22.1 Å². The highest BCUT2D eigenvalue weighted by Crippen LogP contribution is 2.37. The lowest BCUT2D eigenvalue weighted by molar-refractivity contribution is -0.147. The van der Waals surface area contributed by atoms with E-state index in [1.54, 1.807) is 0 Å². The van der Waals surface area contributed by atoms with E-state index >= 15 is 0 Å². The van der Waals surface area contributed by atoms with Crippen molar-refractivity contribution in [2.45, 2.75) is 90.1 Å². The van der Waals surface area contributed by atoms with E-state index in [1.165, 1.54) is 0 Å². The molecule has 2 fully saturated rings. The fourth-order valence-electron chi connectivity index (χ4n) is 4.42. The van der Waals surface area contributed by atoms with Crippen molar-refractivity contribution in [3.63, 3.8) is 0 Å². The van der Waals surface area contributed by atoms with Gasteiger partial charge in [-0.1, -0.05) is 25.7 Å². The van der Waals surface area contributed by atoms with E-state index in [0.29, 0.717) is 38.5 Å². The summed E-state index contributed by atoms with van der Waals surface area (Å²) in [5.74, 6) is -1.64. The van der Waals surface area contributed by atoms with Crippen LogP contribution in [0.15, 0.2) is 0 Å². The van der Waals surface area contributed by atoms with Crippen molar-refractivity contribution in [2.24, 2.45) is 22.3 Å². The number of carbonyl (C=O) groups excluding carboxylic acids is 4. The Morgan fingerprint density at radius 2 is 1.18 bits per heavy atom. The van der Waals surface area contributed by atoms with Gasteiger partial charge in [0.05, 0.1) is 0 Å². The maximum Gasteiger partial charge on any atom is 0.235 e. The number of unbranched alkanes of at least 4 members (excludes halogenated alkanes) is 3. The highest BCUT2D eigenvalue weighted by Gasteiger charge is 2.47. The number of nitrogens with two attached hydrogens (primary N) is 2. The molecule has 0 radical (unpaired) electrons. The van der Waals surface area contributed by atoms with Crippen molar-refractivity contribution in [2.75, 3.05) is 0 Å². The van der Waals surface area contributed by atoms with Crippen molar-refractivity contribution in [1.82, 2.24) is 10.6 Å².